The van der Waals surface area contributed by atoms with E-state index in [1.165, 1.54) is 11.3 Å². The molecule has 148 valence electrons. The molecule has 1 saturated heterocycles. The fourth-order valence-corrected chi connectivity index (χ4v) is 5.13. The fourth-order valence-electron chi connectivity index (χ4n) is 3.86. The van der Waals surface area contributed by atoms with Crippen LogP contribution in [-0.2, 0) is 0 Å². The van der Waals surface area contributed by atoms with E-state index in [2.05, 4.69) is 34.0 Å². The Morgan fingerprint density at radius 3 is 2.72 bits per heavy atom. The molecule has 0 bridgehead atoms. The number of rotatable bonds is 2. The van der Waals surface area contributed by atoms with Crippen molar-refractivity contribution in [3.8, 4) is 10.6 Å². The van der Waals surface area contributed by atoms with E-state index in [0.29, 0.717) is 38.9 Å². The summed E-state index contributed by atoms with van der Waals surface area (Å²) in [7, 11) is 0. The molecule has 4 aromatic rings. The lowest BCUT2D eigenvalue weighted by Gasteiger charge is -2.36. The number of piperazine rings is 1. The zero-order valence-electron chi connectivity index (χ0n) is 16.0. The number of para-hydroxylation sites is 1. The van der Waals surface area contributed by atoms with Gasteiger partial charge in [-0.25, -0.2) is 9.78 Å². The van der Waals surface area contributed by atoms with Crippen LogP contribution in [0, 0.1) is 0 Å². The van der Waals surface area contributed by atoms with E-state index in [-0.39, 0.29) is 0 Å². The van der Waals surface area contributed by atoms with Crippen LogP contribution in [0.2, 0.25) is 5.02 Å². The van der Waals surface area contributed by atoms with Crippen molar-refractivity contribution < 1.29 is 4.42 Å². The number of hydrogen-bond acceptors (Lipinski definition) is 7. The first-order valence-electron chi connectivity index (χ1n) is 9.49. The maximum Gasteiger partial charge on any atom is 0.347 e. The maximum atomic E-state index is 12.7. The van der Waals surface area contributed by atoms with Crippen LogP contribution in [0.5, 0.6) is 0 Å². The molecule has 5 rings (SSSR count). The molecule has 3 aromatic heterocycles. The van der Waals surface area contributed by atoms with Gasteiger partial charge in [-0.15, -0.1) is 11.3 Å². The third kappa shape index (κ3) is 3.39. The molecule has 1 fully saturated rings. The van der Waals surface area contributed by atoms with Crippen LogP contribution >= 0.6 is 22.9 Å². The number of hydrogen-bond donors (Lipinski definition) is 1. The first-order valence-corrected chi connectivity index (χ1v) is 10.7. The number of benzene rings is 1. The number of halogens is 1. The summed E-state index contributed by atoms with van der Waals surface area (Å²) >= 11 is 7.65. The lowest BCUT2D eigenvalue weighted by atomic mass is 10.1. The lowest BCUT2D eigenvalue weighted by Crippen LogP contribution is -2.54. The summed E-state index contributed by atoms with van der Waals surface area (Å²) in [5.74, 6) is 0.820. The monoisotopic (exact) mass is 426 g/mol. The minimum atomic E-state index is -0.445. The molecule has 8 heteroatoms. The van der Waals surface area contributed by atoms with Crippen LogP contribution < -0.4 is 15.8 Å². The molecule has 1 N–H and O–H groups in total. The molecule has 1 aromatic carbocycles. The van der Waals surface area contributed by atoms with Crippen molar-refractivity contribution in [3.05, 3.63) is 51.8 Å². The molecule has 29 heavy (non-hydrogen) atoms. The lowest BCUT2D eigenvalue weighted by molar-refractivity contribution is 0.405. The van der Waals surface area contributed by atoms with Gasteiger partial charge in [0.2, 0.25) is 5.71 Å². The van der Waals surface area contributed by atoms with Crippen LogP contribution in [0.1, 0.15) is 13.8 Å². The first kappa shape index (κ1) is 18.5. The second kappa shape index (κ2) is 7.09. The summed E-state index contributed by atoms with van der Waals surface area (Å²) in [5.41, 5.74) is 1.02. The van der Waals surface area contributed by atoms with Crippen molar-refractivity contribution in [2.24, 2.45) is 0 Å². The largest absolute Gasteiger partial charge is 0.403 e. The Bertz CT molecular complexity index is 1270. The second-order valence-corrected chi connectivity index (χ2v) is 8.93. The minimum absolute atomic E-state index is 0.342. The van der Waals surface area contributed by atoms with E-state index < -0.39 is 5.63 Å². The van der Waals surface area contributed by atoms with Gasteiger partial charge < -0.3 is 14.6 Å². The topological polar surface area (TPSA) is 71.3 Å². The van der Waals surface area contributed by atoms with Gasteiger partial charge in [0.25, 0.3) is 0 Å². The van der Waals surface area contributed by atoms with Crippen LogP contribution in [0.4, 0.5) is 5.82 Å². The fraction of sp³-hybridized carbons (Fsp3) is 0.286. The predicted molar refractivity (Wildman–Crippen MR) is 118 cm³/mol. The Hall–Kier alpha value is -2.48. The second-order valence-electron chi connectivity index (χ2n) is 7.49. The summed E-state index contributed by atoms with van der Waals surface area (Å²) in [6.45, 7) is 6.02. The summed E-state index contributed by atoms with van der Waals surface area (Å²) in [4.78, 5) is 24.1. The average molecular weight is 427 g/mol. The molecule has 0 saturated carbocycles. The Balaban J connectivity index is 1.56. The van der Waals surface area contributed by atoms with Gasteiger partial charge in [-0.2, -0.15) is 4.98 Å². The molecule has 0 amide bonds. The zero-order chi connectivity index (χ0) is 20.1. The van der Waals surface area contributed by atoms with Crippen LogP contribution in [-0.4, -0.2) is 35.1 Å². The number of aromatic nitrogens is 2. The highest BCUT2D eigenvalue weighted by Crippen LogP contribution is 2.33. The number of nitrogens with zero attached hydrogens (tertiary/aromatic N) is 3. The molecule has 0 spiro atoms. The van der Waals surface area contributed by atoms with Crippen molar-refractivity contribution in [2.45, 2.75) is 25.9 Å². The van der Waals surface area contributed by atoms with Gasteiger partial charge in [-0.3, -0.25) is 0 Å². The quantitative estimate of drug-likeness (QED) is 0.515. The predicted octanol–water partition coefficient (Wildman–Crippen LogP) is 4.30. The van der Waals surface area contributed by atoms with E-state index >= 15 is 0 Å². The van der Waals surface area contributed by atoms with Gasteiger partial charge in [0, 0.05) is 30.6 Å². The van der Waals surface area contributed by atoms with Gasteiger partial charge in [0.05, 0.1) is 15.3 Å². The molecule has 0 aliphatic carbocycles. The SMILES string of the molecule is C[C@@H]1CN(c2ccc3cc(-c4nc5c(Cl)cccc5s4)c(=O)oc3n2)C[C@H](C)N1. The molecule has 4 heterocycles. The number of anilines is 1. The summed E-state index contributed by atoms with van der Waals surface area (Å²) in [6.07, 6.45) is 0. The Morgan fingerprint density at radius 2 is 1.97 bits per heavy atom. The van der Waals surface area contributed by atoms with E-state index in [1.807, 2.05) is 24.3 Å². The molecular weight excluding hydrogens is 408 g/mol. The minimum Gasteiger partial charge on any atom is -0.403 e. The maximum absolute atomic E-state index is 12.7. The highest BCUT2D eigenvalue weighted by atomic mass is 35.5. The molecule has 0 unspecified atom stereocenters. The Labute approximate surface area is 176 Å². The standard InChI is InChI=1S/C21H19ClN4O2S/c1-11-9-26(10-12(2)23-11)17-7-6-13-8-14(21(27)28-19(13)24-17)20-25-18-15(22)4-3-5-16(18)29-20/h3-8,11-12,23H,9-10H2,1-2H3/t11-,12+. The zero-order valence-corrected chi connectivity index (χ0v) is 17.5. The van der Waals surface area contributed by atoms with Crippen LogP contribution in [0.3, 0.4) is 0 Å². The number of thiazole rings is 1. The number of nitrogens with one attached hydrogen (secondary N) is 1. The summed E-state index contributed by atoms with van der Waals surface area (Å²) in [5, 5.41) is 5.44. The third-order valence-electron chi connectivity index (χ3n) is 5.07. The summed E-state index contributed by atoms with van der Waals surface area (Å²) in [6, 6.07) is 12.1. The van der Waals surface area contributed by atoms with Crippen molar-refractivity contribution in [3.63, 3.8) is 0 Å². The van der Waals surface area contributed by atoms with Crippen molar-refractivity contribution in [2.75, 3.05) is 18.0 Å². The number of pyridine rings is 1. The van der Waals surface area contributed by atoms with Gasteiger partial charge in [-0.1, -0.05) is 17.7 Å². The smallest absolute Gasteiger partial charge is 0.347 e. The van der Waals surface area contributed by atoms with Crippen molar-refractivity contribution in [1.82, 2.24) is 15.3 Å². The van der Waals surface area contributed by atoms with Crippen molar-refractivity contribution >= 4 is 50.1 Å². The third-order valence-corrected chi connectivity index (χ3v) is 6.42. The van der Waals surface area contributed by atoms with Gasteiger partial charge in [0.15, 0.2) is 0 Å². The molecule has 1 aliphatic heterocycles. The van der Waals surface area contributed by atoms with E-state index in [1.54, 1.807) is 12.1 Å². The molecule has 6 nitrogen and oxygen atoms in total. The van der Waals surface area contributed by atoms with E-state index in [4.69, 9.17) is 16.0 Å². The Kier molecular flexibility index (Phi) is 4.53. The number of fused-ring (bicyclic) bond motifs is 2. The molecule has 1 aliphatic rings. The summed E-state index contributed by atoms with van der Waals surface area (Å²) < 4.78 is 6.52. The van der Waals surface area contributed by atoms with Crippen LogP contribution in [0.15, 0.2) is 45.6 Å². The Morgan fingerprint density at radius 1 is 1.17 bits per heavy atom. The van der Waals surface area contributed by atoms with Gasteiger partial charge >= 0.3 is 5.63 Å². The molecule has 2 atom stereocenters. The molecule has 0 radical (unpaired) electrons. The highest BCUT2D eigenvalue weighted by Gasteiger charge is 2.22. The normalized spacial score (nSPS) is 19.9. The van der Waals surface area contributed by atoms with Gasteiger partial charge in [0.1, 0.15) is 16.3 Å². The van der Waals surface area contributed by atoms with E-state index in [9.17, 15) is 4.79 Å². The van der Waals surface area contributed by atoms with Gasteiger partial charge in [-0.05, 0) is 44.2 Å². The van der Waals surface area contributed by atoms with Crippen molar-refractivity contribution in [1.29, 1.82) is 0 Å². The first-order chi connectivity index (χ1) is 14.0. The molecular formula is C21H19ClN4O2S. The average Bonchev–Trinajstić information content (AvgIpc) is 3.11. The van der Waals surface area contributed by atoms with E-state index in [0.717, 1.165) is 29.0 Å². The van der Waals surface area contributed by atoms with Crippen LogP contribution in [0.25, 0.3) is 31.9 Å². The highest BCUT2D eigenvalue weighted by molar-refractivity contribution is 7.21.